The molecule has 0 aromatic heterocycles. The molecule has 0 spiro atoms. The molecule has 4 fully saturated rings. The first-order valence-corrected chi connectivity index (χ1v) is 18.1. The lowest BCUT2D eigenvalue weighted by Crippen LogP contribution is -2.75. The van der Waals surface area contributed by atoms with Crippen LogP contribution in [0.4, 0.5) is 10.5 Å². The second-order valence-electron chi connectivity index (χ2n) is 13.4. The molecule has 3 atom stereocenters. The van der Waals surface area contributed by atoms with E-state index in [0.29, 0.717) is 17.6 Å². The number of aliphatic hydroxyl groups is 1. The lowest BCUT2D eigenvalue weighted by molar-refractivity contribution is -1.08. The highest BCUT2D eigenvalue weighted by molar-refractivity contribution is 8.04. The largest absolute Gasteiger partial charge is 0.477 e. The highest BCUT2D eigenvalue weighted by Crippen LogP contribution is 2.52. The van der Waals surface area contributed by atoms with Gasteiger partial charge in [0.05, 0.1) is 42.2 Å². The zero-order valence-electron chi connectivity index (χ0n) is 25.7. The Morgan fingerprint density at radius 1 is 1.09 bits per heavy atom. The summed E-state index contributed by atoms with van der Waals surface area (Å²) in [5.74, 6) is -2.49. The first-order chi connectivity index (χ1) is 21.9. The molecule has 246 valence electrons. The molecule has 5 N–H and O–H groups in total. The Balaban J connectivity index is 1.10. The SMILES string of the molecule is C[C@H](O)C1C(=O)N2C(C(=O)O)=C(CN3c4cccc5c(CC[N+]67CC[N+](CCCNC(N)=O)(CC6)CC7)ccc(c45)S3(=O)=O)SC12. The maximum absolute atomic E-state index is 13.9. The Morgan fingerprint density at radius 2 is 1.76 bits per heavy atom. The van der Waals surface area contributed by atoms with Gasteiger partial charge in [0.2, 0.25) is 5.91 Å². The number of primary amides is 1. The van der Waals surface area contributed by atoms with Crippen LogP contribution in [-0.2, 0) is 26.0 Å². The molecule has 13 nitrogen and oxygen atoms in total. The van der Waals surface area contributed by atoms with Crippen molar-refractivity contribution in [1.82, 2.24) is 10.2 Å². The van der Waals surface area contributed by atoms with Gasteiger partial charge in [-0.15, -0.1) is 0 Å². The number of benzene rings is 2. The van der Waals surface area contributed by atoms with E-state index in [4.69, 9.17) is 5.73 Å². The number of sulfonamides is 1. The van der Waals surface area contributed by atoms with Crippen molar-refractivity contribution in [1.29, 1.82) is 0 Å². The molecule has 6 aliphatic heterocycles. The van der Waals surface area contributed by atoms with Crippen molar-refractivity contribution >= 4 is 56.2 Å². The van der Waals surface area contributed by atoms with Gasteiger partial charge in [0.25, 0.3) is 10.0 Å². The average Bonchev–Trinajstić information content (AvgIpc) is 3.45. The number of rotatable bonds is 11. The van der Waals surface area contributed by atoms with E-state index in [1.807, 2.05) is 18.2 Å². The van der Waals surface area contributed by atoms with Gasteiger partial charge in [0, 0.05) is 29.7 Å². The Kier molecular flexibility index (Phi) is 7.55. The number of carboxylic acid groups (broad SMARTS) is 1. The number of β-lactam (4-membered cyclic amide) rings is 1. The molecule has 6 heterocycles. The monoisotopic (exact) mass is 672 g/mol. The topological polar surface area (TPSA) is 170 Å². The molecular formula is C31H40N6O7S2+2. The van der Waals surface area contributed by atoms with E-state index in [1.54, 1.807) is 12.1 Å². The van der Waals surface area contributed by atoms with Crippen LogP contribution in [0.3, 0.4) is 0 Å². The van der Waals surface area contributed by atoms with E-state index in [-0.39, 0.29) is 22.0 Å². The van der Waals surface area contributed by atoms with Crippen molar-refractivity contribution in [3.05, 3.63) is 46.5 Å². The Bertz CT molecular complexity index is 1770. The quantitative estimate of drug-likeness (QED) is 0.155. The summed E-state index contributed by atoms with van der Waals surface area (Å²) in [6.07, 6.45) is 0.782. The Hall–Kier alpha value is -3.37. The number of carboxylic acids is 1. The van der Waals surface area contributed by atoms with E-state index in [2.05, 4.69) is 5.32 Å². The fourth-order valence-corrected chi connectivity index (χ4v) is 11.5. The zero-order valence-corrected chi connectivity index (χ0v) is 27.4. The van der Waals surface area contributed by atoms with Crippen molar-refractivity contribution in [3.8, 4) is 0 Å². The van der Waals surface area contributed by atoms with E-state index >= 15 is 0 Å². The number of carbonyl (C=O) groups excluding carboxylic acids is 2. The standard InChI is InChI=1S/C31H38N6O7S2/c1-19(38)25-28(39)35-27(30(40)41)23(45-29(25)35)18-34-22-5-2-4-21-20(6-7-24(26(21)22)46(34,43)44)8-11-37-15-12-36(13-16-37,14-17-37)10-3-9-33-31(32)42/h2,4-7,19,25,29,38H,3,8-18H2,1H3,(H2-2,32,33,40,41,42)/p+2/t19-,25?,29?,36?,37?/m0/s1. The Labute approximate surface area is 271 Å². The molecule has 0 aliphatic carbocycles. The number of fused-ring (bicyclic) bond motifs is 4. The van der Waals surface area contributed by atoms with E-state index in [9.17, 15) is 33.0 Å². The minimum absolute atomic E-state index is 0.205. The molecule has 4 saturated heterocycles. The number of quaternary nitrogens is 2. The molecule has 2 aromatic rings. The minimum Gasteiger partial charge on any atom is -0.477 e. The zero-order chi connectivity index (χ0) is 32.6. The van der Waals surface area contributed by atoms with Crippen LogP contribution in [0.5, 0.6) is 0 Å². The molecule has 6 aliphatic rings. The van der Waals surface area contributed by atoms with Crippen LogP contribution < -0.4 is 15.4 Å². The number of carbonyl (C=O) groups is 3. The molecule has 46 heavy (non-hydrogen) atoms. The van der Waals surface area contributed by atoms with Crippen LogP contribution in [0, 0.1) is 5.92 Å². The fraction of sp³-hybridized carbons (Fsp3) is 0.516. The maximum atomic E-state index is 13.9. The van der Waals surface area contributed by atoms with E-state index < -0.39 is 45.3 Å². The predicted octanol–water partition coefficient (Wildman–Crippen LogP) is 0.819. The third-order valence-corrected chi connectivity index (χ3v) is 14.0. The van der Waals surface area contributed by atoms with Crippen molar-refractivity contribution in [2.45, 2.75) is 36.1 Å². The third-order valence-electron chi connectivity index (χ3n) is 10.9. The summed E-state index contributed by atoms with van der Waals surface area (Å²) in [7, 11) is -3.97. The van der Waals surface area contributed by atoms with Crippen molar-refractivity contribution in [2.75, 3.05) is 69.8 Å². The minimum atomic E-state index is -3.97. The predicted molar refractivity (Wildman–Crippen MR) is 172 cm³/mol. The summed E-state index contributed by atoms with van der Waals surface area (Å²) in [6, 6.07) is 8.69. The number of aliphatic hydroxyl groups excluding tert-OH is 1. The third kappa shape index (κ3) is 4.86. The van der Waals surface area contributed by atoms with E-state index in [1.165, 1.54) is 16.1 Å². The van der Waals surface area contributed by atoms with Crippen molar-refractivity contribution in [3.63, 3.8) is 0 Å². The van der Waals surface area contributed by atoms with Gasteiger partial charge < -0.3 is 30.2 Å². The number of urea groups is 1. The average molecular weight is 673 g/mol. The summed E-state index contributed by atoms with van der Waals surface area (Å²) < 4.78 is 31.2. The number of hydrogen-bond donors (Lipinski definition) is 4. The summed E-state index contributed by atoms with van der Waals surface area (Å²) in [6.45, 7) is 10.5. The van der Waals surface area contributed by atoms with Gasteiger partial charge in [0.15, 0.2) is 0 Å². The van der Waals surface area contributed by atoms with Gasteiger partial charge >= 0.3 is 12.0 Å². The highest BCUT2D eigenvalue weighted by Gasteiger charge is 2.58. The number of anilines is 1. The second-order valence-corrected chi connectivity index (χ2v) is 16.4. The van der Waals surface area contributed by atoms with Gasteiger partial charge in [-0.05, 0) is 30.0 Å². The van der Waals surface area contributed by atoms with Crippen molar-refractivity contribution in [2.24, 2.45) is 11.7 Å². The van der Waals surface area contributed by atoms with E-state index in [0.717, 1.165) is 96.9 Å². The maximum Gasteiger partial charge on any atom is 0.353 e. The summed E-state index contributed by atoms with van der Waals surface area (Å²) in [5, 5.41) is 23.7. The first-order valence-electron chi connectivity index (χ1n) is 15.8. The number of thioether (sulfide) groups is 1. The lowest BCUT2D eigenvalue weighted by Gasteiger charge is -2.55. The molecule has 15 heteroatoms. The molecule has 0 radical (unpaired) electrons. The van der Waals surface area contributed by atoms with Gasteiger partial charge in [-0.2, -0.15) is 0 Å². The molecule has 2 bridgehead atoms. The molecule has 0 saturated carbocycles. The smallest absolute Gasteiger partial charge is 0.353 e. The number of aliphatic carboxylic acids is 1. The van der Waals surface area contributed by atoms with Crippen molar-refractivity contribution < 1.29 is 42.0 Å². The molecule has 3 amide bonds. The molecule has 2 aromatic carbocycles. The number of nitrogens with zero attached hydrogens (tertiary/aromatic N) is 4. The van der Waals surface area contributed by atoms with Crippen LogP contribution in [0.25, 0.3) is 10.8 Å². The number of amides is 3. The van der Waals surface area contributed by atoms with Gasteiger partial charge in [-0.3, -0.25) is 14.0 Å². The van der Waals surface area contributed by atoms with Crippen LogP contribution in [0.2, 0.25) is 0 Å². The number of hydrogen-bond acceptors (Lipinski definition) is 7. The van der Waals surface area contributed by atoms with Gasteiger partial charge in [-0.1, -0.05) is 30.0 Å². The van der Waals surface area contributed by atoms with Crippen LogP contribution in [0.1, 0.15) is 18.9 Å². The first kappa shape index (κ1) is 31.2. The normalized spacial score (nSPS) is 29.7. The number of nitrogens with two attached hydrogens (primary N) is 1. The van der Waals surface area contributed by atoms with Crippen LogP contribution >= 0.6 is 11.8 Å². The highest BCUT2D eigenvalue weighted by atomic mass is 32.2. The molecular weight excluding hydrogens is 633 g/mol. The molecule has 2 unspecified atom stereocenters. The van der Waals surface area contributed by atoms with Crippen LogP contribution in [0.15, 0.2) is 45.8 Å². The number of piperazine rings is 3. The lowest BCUT2D eigenvalue weighted by atomic mass is 9.92. The Morgan fingerprint density at radius 3 is 2.39 bits per heavy atom. The van der Waals surface area contributed by atoms with Crippen LogP contribution in [-0.4, -0.2) is 127 Å². The van der Waals surface area contributed by atoms with Gasteiger partial charge in [0.1, 0.15) is 50.3 Å². The summed E-state index contributed by atoms with van der Waals surface area (Å²) in [4.78, 5) is 37.6. The van der Waals surface area contributed by atoms with Gasteiger partial charge in [-0.25, -0.2) is 18.0 Å². The second kappa shape index (κ2) is 11.1. The fourth-order valence-electron chi connectivity index (χ4n) is 8.17. The number of nitrogens with one attached hydrogen (secondary N) is 1. The summed E-state index contributed by atoms with van der Waals surface area (Å²) in [5.41, 5.74) is 6.59. The summed E-state index contributed by atoms with van der Waals surface area (Å²) >= 11 is 1.14. The molecule has 8 rings (SSSR count).